The third-order valence-electron chi connectivity index (χ3n) is 3.58. The van der Waals surface area contributed by atoms with Crippen LogP contribution < -0.4 is 0 Å². The van der Waals surface area contributed by atoms with E-state index in [-0.39, 0.29) is 11.9 Å². The maximum absolute atomic E-state index is 12.4. The van der Waals surface area contributed by atoms with Crippen LogP contribution in [-0.4, -0.2) is 42.1 Å². The number of carbonyl (C=O) groups is 1. The number of amides is 1. The molecule has 1 aromatic heterocycles. The van der Waals surface area contributed by atoms with Crippen molar-refractivity contribution in [3.63, 3.8) is 0 Å². The first-order valence-electron chi connectivity index (χ1n) is 6.18. The first-order valence-corrected chi connectivity index (χ1v) is 6.18. The van der Waals surface area contributed by atoms with Crippen molar-refractivity contribution in [2.24, 2.45) is 0 Å². The van der Waals surface area contributed by atoms with Gasteiger partial charge >= 0.3 is 0 Å². The number of nitrogens with zero attached hydrogens (tertiary/aromatic N) is 1. The molecule has 1 aromatic carbocycles. The summed E-state index contributed by atoms with van der Waals surface area (Å²) >= 11 is 0. The van der Waals surface area contributed by atoms with Gasteiger partial charge in [0, 0.05) is 30.9 Å². The molecule has 1 amide bonds. The van der Waals surface area contributed by atoms with Crippen molar-refractivity contribution < 1.29 is 9.53 Å². The van der Waals surface area contributed by atoms with E-state index in [9.17, 15) is 4.79 Å². The van der Waals surface area contributed by atoms with Gasteiger partial charge in [-0.15, -0.1) is 0 Å². The molecule has 0 spiro atoms. The molecule has 0 radical (unpaired) electrons. The molecule has 1 unspecified atom stereocenters. The number of rotatable bonds is 2. The molecule has 2 aromatic rings. The van der Waals surface area contributed by atoms with E-state index in [1.165, 1.54) is 0 Å². The molecular weight excluding hydrogens is 228 g/mol. The predicted molar refractivity (Wildman–Crippen MR) is 69.6 cm³/mol. The Balaban J connectivity index is 1.86. The van der Waals surface area contributed by atoms with Crippen LogP contribution in [0.2, 0.25) is 0 Å². The Morgan fingerprint density at radius 2 is 2.33 bits per heavy atom. The summed E-state index contributed by atoms with van der Waals surface area (Å²) in [5.74, 6) is 0.0574. The summed E-state index contributed by atoms with van der Waals surface area (Å²) in [5, 5.41) is 1.12. The van der Waals surface area contributed by atoms with Crippen molar-refractivity contribution >= 4 is 16.8 Å². The fraction of sp³-hybridized carbons (Fsp3) is 0.357. The van der Waals surface area contributed by atoms with E-state index < -0.39 is 0 Å². The van der Waals surface area contributed by atoms with Gasteiger partial charge in [0.2, 0.25) is 0 Å². The van der Waals surface area contributed by atoms with E-state index in [1.54, 1.807) is 4.90 Å². The lowest BCUT2D eigenvalue weighted by molar-refractivity contribution is 0.0711. The van der Waals surface area contributed by atoms with Gasteiger partial charge in [-0.2, -0.15) is 0 Å². The fourth-order valence-corrected chi connectivity index (χ4v) is 2.38. The largest absolute Gasteiger partial charge is 0.379 e. The van der Waals surface area contributed by atoms with Crippen LogP contribution in [0.1, 0.15) is 16.8 Å². The van der Waals surface area contributed by atoms with E-state index >= 15 is 0 Å². The van der Waals surface area contributed by atoms with Crippen LogP contribution in [0, 0.1) is 0 Å². The van der Waals surface area contributed by atoms with E-state index in [4.69, 9.17) is 4.74 Å². The summed E-state index contributed by atoms with van der Waals surface area (Å²) in [6.07, 6.45) is 2.81. The number of aromatic amines is 1. The zero-order chi connectivity index (χ0) is 12.5. The molecule has 2 heterocycles. The smallest absolute Gasteiger partial charge is 0.254 e. The molecule has 94 valence electrons. The predicted octanol–water partition coefficient (Wildman–Crippen LogP) is 2.03. The van der Waals surface area contributed by atoms with E-state index in [1.807, 2.05) is 37.5 Å². The van der Waals surface area contributed by atoms with Gasteiger partial charge in [-0.25, -0.2) is 0 Å². The second-order valence-electron chi connectivity index (χ2n) is 4.71. The van der Waals surface area contributed by atoms with Crippen molar-refractivity contribution in [2.75, 3.05) is 20.3 Å². The lowest BCUT2D eigenvalue weighted by Gasteiger charge is -2.23. The minimum Gasteiger partial charge on any atom is -0.379 e. The molecule has 3 rings (SSSR count). The number of hydrogen-bond donors (Lipinski definition) is 1. The first kappa shape index (κ1) is 11.3. The number of benzene rings is 1. The minimum atomic E-state index is 0.0574. The van der Waals surface area contributed by atoms with Crippen LogP contribution in [0.3, 0.4) is 0 Å². The molecule has 1 atom stereocenters. The lowest BCUT2D eigenvalue weighted by Crippen LogP contribution is -2.37. The van der Waals surface area contributed by atoms with Crippen LogP contribution in [0.5, 0.6) is 0 Å². The van der Waals surface area contributed by atoms with Crippen LogP contribution in [0.4, 0.5) is 0 Å². The van der Waals surface area contributed by atoms with Gasteiger partial charge in [-0.1, -0.05) is 6.07 Å². The van der Waals surface area contributed by atoms with Gasteiger partial charge in [0.15, 0.2) is 0 Å². The molecule has 1 fully saturated rings. The monoisotopic (exact) mass is 244 g/mol. The second-order valence-corrected chi connectivity index (χ2v) is 4.71. The Labute approximate surface area is 106 Å². The Hall–Kier alpha value is -1.81. The van der Waals surface area contributed by atoms with Gasteiger partial charge in [0.05, 0.1) is 12.6 Å². The van der Waals surface area contributed by atoms with Crippen LogP contribution in [-0.2, 0) is 4.74 Å². The average Bonchev–Trinajstić information content (AvgIpc) is 3.06. The Kier molecular flexibility index (Phi) is 2.80. The highest BCUT2D eigenvalue weighted by atomic mass is 16.5. The summed E-state index contributed by atoms with van der Waals surface area (Å²) in [5.41, 5.74) is 1.72. The molecule has 0 bridgehead atoms. The maximum Gasteiger partial charge on any atom is 0.254 e. The molecule has 1 N–H and O–H groups in total. The van der Waals surface area contributed by atoms with Crippen molar-refractivity contribution in [3.8, 4) is 0 Å². The summed E-state index contributed by atoms with van der Waals surface area (Å²) in [4.78, 5) is 17.3. The molecule has 4 heteroatoms. The quantitative estimate of drug-likeness (QED) is 0.878. The molecule has 0 saturated carbocycles. The average molecular weight is 244 g/mol. The van der Waals surface area contributed by atoms with Crippen molar-refractivity contribution in [2.45, 2.75) is 12.5 Å². The third-order valence-corrected chi connectivity index (χ3v) is 3.58. The molecule has 1 aliphatic heterocycles. The Bertz CT molecular complexity index is 570. The number of hydrogen-bond acceptors (Lipinski definition) is 2. The highest BCUT2D eigenvalue weighted by Gasteiger charge is 2.24. The van der Waals surface area contributed by atoms with E-state index in [0.717, 1.165) is 29.5 Å². The zero-order valence-corrected chi connectivity index (χ0v) is 10.3. The number of nitrogens with one attached hydrogen (secondary N) is 1. The van der Waals surface area contributed by atoms with Gasteiger partial charge in [0.1, 0.15) is 0 Å². The standard InChI is InChI=1S/C14H16N2O2/c1-16(12-5-7-18-9-12)14(17)11-3-2-10-4-6-15-13(10)8-11/h2-4,6,8,12,15H,5,7,9H2,1H3. The van der Waals surface area contributed by atoms with Gasteiger partial charge in [-0.05, 0) is 30.0 Å². The maximum atomic E-state index is 12.4. The Morgan fingerprint density at radius 1 is 1.44 bits per heavy atom. The SMILES string of the molecule is CN(C(=O)c1ccc2cc[nH]c2c1)C1CCOC1. The topological polar surface area (TPSA) is 45.3 Å². The first-order chi connectivity index (χ1) is 8.75. The van der Waals surface area contributed by atoms with Crippen molar-refractivity contribution in [3.05, 3.63) is 36.0 Å². The number of aromatic nitrogens is 1. The number of carbonyl (C=O) groups excluding carboxylic acids is 1. The van der Waals surface area contributed by atoms with Crippen LogP contribution in [0.15, 0.2) is 30.5 Å². The van der Waals surface area contributed by atoms with Gasteiger partial charge in [0.25, 0.3) is 5.91 Å². The second kappa shape index (κ2) is 4.46. The van der Waals surface area contributed by atoms with Crippen LogP contribution in [0.25, 0.3) is 10.9 Å². The number of H-pyrrole nitrogens is 1. The molecule has 1 aliphatic rings. The molecular formula is C14H16N2O2. The van der Waals surface area contributed by atoms with Gasteiger partial charge in [-0.3, -0.25) is 4.79 Å². The number of fused-ring (bicyclic) bond motifs is 1. The zero-order valence-electron chi connectivity index (χ0n) is 10.3. The summed E-state index contributed by atoms with van der Waals surface area (Å²) in [6, 6.07) is 7.96. The van der Waals surface area contributed by atoms with E-state index in [2.05, 4.69) is 4.98 Å². The molecule has 1 saturated heterocycles. The van der Waals surface area contributed by atoms with Crippen molar-refractivity contribution in [1.82, 2.24) is 9.88 Å². The highest BCUT2D eigenvalue weighted by Crippen LogP contribution is 2.18. The lowest BCUT2D eigenvalue weighted by atomic mass is 10.1. The van der Waals surface area contributed by atoms with Gasteiger partial charge < -0.3 is 14.6 Å². The fourth-order valence-electron chi connectivity index (χ4n) is 2.38. The number of likely N-dealkylation sites (N-methyl/N-ethyl adjacent to an activating group) is 1. The summed E-state index contributed by atoms with van der Waals surface area (Å²) in [6.45, 7) is 1.39. The normalized spacial score (nSPS) is 19.3. The third kappa shape index (κ3) is 1.88. The summed E-state index contributed by atoms with van der Waals surface area (Å²) in [7, 11) is 1.85. The Morgan fingerprint density at radius 3 is 3.11 bits per heavy atom. The van der Waals surface area contributed by atoms with Crippen molar-refractivity contribution in [1.29, 1.82) is 0 Å². The molecule has 18 heavy (non-hydrogen) atoms. The van der Waals surface area contributed by atoms with E-state index in [0.29, 0.717) is 6.61 Å². The molecule has 4 nitrogen and oxygen atoms in total. The van der Waals surface area contributed by atoms with Crippen LogP contribution >= 0.6 is 0 Å². The molecule has 0 aliphatic carbocycles. The highest BCUT2D eigenvalue weighted by molar-refractivity contribution is 5.97. The number of ether oxygens (including phenoxy) is 1. The summed E-state index contributed by atoms with van der Waals surface area (Å²) < 4.78 is 5.32. The minimum absolute atomic E-state index is 0.0574.